The molecule has 1 fully saturated rings. The molecule has 5 rings (SSSR count). The van der Waals surface area contributed by atoms with Crippen LogP contribution in [0.25, 0.3) is 0 Å². The van der Waals surface area contributed by atoms with Gasteiger partial charge in [0.1, 0.15) is 6.54 Å². The van der Waals surface area contributed by atoms with Gasteiger partial charge in [0.2, 0.25) is 5.91 Å². The normalized spacial score (nSPS) is 20.2. The zero-order chi connectivity index (χ0) is 27.0. The van der Waals surface area contributed by atoms with E-state index in [0.29, 0.717) is 46.5 Å². The van der Waals surface area contributed by atoms with Crippen LogP contribution >= 0.6 is 23.2 Å². The van der Waals surface area contributed by atoms with E-state index in [2.05, 4.69) is 41.4 Å². The fourth-order valence-electron chi connectivity index (χ4n) is 5.35. The van der Waals surface area contributed by atoms with Crippen LogP contribution in [0.2, 0.25) is 10.0 Å². The Morgan fingerprint density at radius 3 is 2.39 bits per heavy atom. The molecule has 0 saturated carbocycles. The number of likely N-dealkylation sites (N-methyl/N-ethyl adjacent to an activating group) is 1. The summed E-state index contributed by atoms with van der Waals surface area (Å²) in [5.74, 6) is -0.350. The third-order valence-corrected chi connectivity index (χ3v) is 8.03. The van der Waals surface area contributed by atoms with E-state index in [1.165, 1.54) is 16.0 Å². The summed E-state index contributed by atoms with van der Waals surface area (Å²) in [7, 11) is 0. The van der Waals surface area contributed by atoms with E-state index >= 15 is 0 Å². The van der Waals surface area contributed by atoms with Crippen molar-refractivity contribution in [1.82, 2.24) is 24.9 Å². The highest BCUT2D eigenvalue weighted by molar-refractivity contribution is 6.35. The van der Waals surface area contributed by atoms with Crippen molar-refractivity contribution in [2.24, 2.45) is 0 Å². The molecule has 3 aliphatic heterocycles. The molecule has 0 aliphatic carbocycles. The smallest absolute Gasteiger partial charge is 0.322 e. The van der Waals surface area contributed by atoms with Crippen LogP contribution in [0.4, 0.5) is 4.79 Å². The lowest BCUT2D eigenvalue weighted by Gasteiger charge is -2.35. The molecule has 3 heterocycles. The number of carbonyl (C=O) groups excluding carboxylic acids is 3. The molecule has 38 heavy (non-hydrogen) atoms. The SMILES string of the molecule is CCN1C(=O)NC(c2ccc(Cl)cc2Cl)C2=C1CN(CC(=O)N1CCN(Cc3ccc(C)cc3)CC1)C2=O. The Balaban J connectivity index is 1.25. The highest BCUT2D eigenvalue weighted by atomic mass is 35.5. The minimum Gasteiger partial charge on any atom is -0.339 e. The lowest BCUT2D eigenvalue weighted by molar-refractivity contribution is -0.139. The maximum atomic E-state index is 13.6. The largest absolute Gasteiger partial charge is 0.339 e. The Labute approximate surface area is 232 Å². The number of amides is 4. The van der Waals surface area contributed by atoms with Crippen molar-refractivity contribution in [3.63, 3.8) is 0 Å². The molecule has 0 radical (unpaired) electrons. The average Bonchev–Trinajstić information content (AvgIpc) is 3.21. The number of urea groups is 1. The zero-order valence-electron chi connectivity index (χ0n) is 21.5. The Bertz CT molecular complexity index is 1290. The molecular weight excluding hydrogens is 525 g/mol. The van der Waals surface area contributed by atoms with Crippen molar-refractivity contribution < 1.29 is 14.4 Å². The molecule has 0 bridgehead atoms. The van der Waals surface area contributed by atoms with Gasteiger partial charge in [0, 0.05) is 49.3 Å². The standard InChI is InChI=1S/C28H31Cl2N5O3/c1-3-35-23-16-34(27(37)25(23)26(31-28(35)38)21-9-8-20(29)14-22(21)30)17-24(36)33-12-10-32(11-13-33)15-19-6-4-18(2)5-7-19/h4-9,14,26H,3,10-13,15-17H2,1-2H3,(H,31,38). The van der Waals surface area contributed by atoms with Gasteiger partial charge in [-0.15, -0.1) is 0 Å². The molecule has 200 valence electrons. The predicted molar refractivity (Wildman–Crippen MR) is 147 cm³/mol. The Kier molecular flexibility index (Phi) is 7.66. The van der Waals surface area contributed by atoms with E-state index in [9.17, 15) is 14.4 Å². The quantitative estimate of drug-likeness (QED) is 0.587. The molecule has 2 aromatic rings. The van der Waals surface area contributed by atoms with Crippen LogP contribution in [0.3, 0.4) is 0 Å². The van der Waals surface area contributed by atoms with Crippen molar-refractivity contribution in [2.45, 2.75) is 26.4 Å². The minimum atomic E-state index is -0.706. The third kappa shape index (κ3) is 5.25. The lowest BCUT2D eigenvalue weighted by Crippen LogP contribution is -2.51. The number of nitrogens with one attached hydrogen (secondary N) is 1. The highest BCUT2D eigenvalue weighted by Gasteiger charge is 2.44. The van der Waals surface area contributed by atoms with Gasteiger partial charge in [-0.05, 0) is 37.1 Å². The number of nitrogens with zero attached hydrogens (tertiary/aromatic N) is 4. The zero-order valence-corrected chi connectivity index (χ0v) is 23.1. The Morgan fingerprint density at radius 2 is 1.74 bits per heavy atom. The van der Waals surface area contributed by atoms with Crippen LogP contribution in [0.5, 0.6) is 0 Å². The molecule has 10 heteroatoms. The summed E-state index contributed by atoms with van der Waals surface area (Å²) >= 11 is 12.5. The number of hydrogen-bond acceptors (Lipinski definition) is 4. The molecule has 4 amide bonds. The van der Waals surface area contributed by atoms with Crippen molar-refractivity contribution in [2.75, 3.05) is 45.8 Å². The summed E-state index contributed by atoms with van der Waals surface area (Å²) in [6.07, 6.45) is 0. The third-order valence-electron chi connectivity index (χ3n) is 7.46. The molecule has 1 N–H and O–H groups in total. The van der Waals surface area contributed by atoms with Crippen molar-refractivity contribution in [1.29, 1.82) is 0 Å². The second-order valence-electron chi connectivity index (χ2n) is 9.96. The fraction of sp³-hybridized carbons (Fsp3) is 0.393. The van der Waals surface area contributed by atoms with E-state index in [4.69, 9.17) is 23.2 Å². The summed E-state index contributed by atoms with van der Waals surface area (Å²) in [4.78, 5) is 47.0. The van der Waals surface area contributed by atoms with Crippen molar-refractivity contribution >= 4 is 41.0 Å². The number of halogens is 2. The summed E-state index contributed by atoms with van der Waals surface area (Å²) in [5.41, 5.74) is 4.16. The highest BCUT2D eigenvalue weighted by Crippen LogP contribution is 2.39. The average molecular weight is 556 g/mol. The molecule has 1 atom stereocenters. The monoisotopic (exact) mass is 555 g/mol. The molecule has 1 saturated heterocycles. The molecular formula is C28H31Cl2N5O3. The van der Waals surface area contributed by atoms with E-state index in [1.807, 2.05) is 11.8 Å². The van der Waals surface area contributed by atoms with Gasteiger partial charge in [-0.25, -0.2) is 4.79 Å². The van der Waals surface area contributed by atoms with Crippen LogP contribution < -0.4 is 5.32 Å². The topological polar surface area (TPSA) is 76.2 Å². The summed E-state index contributed by atoms with van der Waals surface area (Å²) in [5, 5.41) is 3.75. The van der Waals surface area contributed by atoms with E-state index in [-0.39, 0.29) is 30.9 Å². The van der Waals surface area contributed by atoms with Crippen LogP contribution in [0.1, 0.15) is 29.7 Å². The van der Waals surface area contributed by atoms with Crippen LogP contribution in [0, 0.1) is 6.92 Å². The van der Waals surface area contributed by atoms with Gasteiger partial charge in [0.15, 0.2) is 0 Å². The Morgan fingerprint density at radius 1 is 1.03 bits per heavy atom. The first kappa shape index (κ1) is 26.5. The number of piperazine rings is 1. The van der Waals surface area contributed by atoms with Gasteiger partial charge in [-0.3, -0.25) is 19.4 Å². The number of hydrogen-bond donors (Lipinski definition) is 1. The fourth-order valence-corrected chi connectivity index (χ4v) is 5.87. The molecule has 3 aliphatic rings. The van der Waals surface area contributed by atoms with Gasteiger partial charge >= 0.3 is 6.03 Å². The first-order valence-corrected chi connectivity index (χ1v) is 13.6. The number of aryl methyl sites for hydroxylation is 1. The Hall–Kier alpha value is -3.07. The first-order valence-electron chi connectivity index (χ1n) is 12.9. The summed E-state index contributed by atoms with van der Waals surface area (Å²) in [6.45, 7) is 8.15. The maximum absolute atomic E-state index is 13.6. The molecule has 0 spiro atoms. The summed E-state index contributed by atoms with van der Waals surface area (Å²) in [6, 6.07) is 12.5. The van der Waals surface area contributed by atoms with E-state index in [1.54, 1.807) is 23.1 Å². The lowest BCUT2D eigenvalue weighted by atomic mass is 9.95. The second kappa shape index (κ2) is 11.0. The number of rotatable bonds is 6. The van der Waals surface area contributed by atoms with Crippen molar-refractivity contribution in [3.8, 4) is 0 Å². The first-order chi connectivity index (χ1) is 18.2. The molecule has 2 aromatic carbocycles. The van der Waals surface area contributed by atoms with Gasteiger partial charge in [0.25, 0.3) is 5.91 Å². The van der Waals surface area contributed by atoms with Crippen molar-refractivity contribution in [3.05, 3.63) is 80.5 Å². The van der Waals surface area contributed by atoms with Gasteiger partial charge in [-0.2, -0.15) is 0 Å². The van der Waals surface area contributed by atoms with E-state index < -0.39 is 6.04 Å². The number of carbonyl (C=O) groups is 3. The van der Waals surface area contributed by atoms with E-state index in [0.717, 1.165) is 19.6 Å². The molecule has 8 nitrogen and oxygen atoms in total. The van der Waals surface area contributed by atoms with Gasteiger partial charge in [-0.1, -0.05) is 59.1 Å². The second-order valence-corrected chi connectivity index (χ2v) is 10.8. The minimum absolute atomic E-state index is 0.0311. The maximum Gasteiger partial charge on any atom is 0.322 e. The molecule has 0 aromatic heterocycles. The number of benzene rings is 2. The van der Waals surface area contributed by atoms with Crippen LogP contribution in [-0.2, 0) is 16.1 Å². The van der Waals surface area contributed by atoms with Gasteiger partial charge < -0.3 is 15.1 Å². The predicted octanol–water partition coefficient (Wildman–Crippen LogP) is 3.83. The molecule has 1 unspecified atom stereocenters. The van der Waals surface area contributed by atoms with Gasteiger partial charge in [0.05, 0.1) is 23.9 Å². The summed E-state index contributed by atoms with van der Waals surface area (Å²) < 4.78 is 0. The van der Waals surface area contributed by atoms with Crippen LogP contribution in [0.15, 0.2) is 53.7 Å². The van der Waals surface area contributed by atoms with Crippen LogP contribution in [-0.4, -0.2) is 83.3 Å².